The Hall–Kier alpha value is -2.66. The predicted molar refractivity (Wildman–Crippen MR) is 97.3 cm³/mol. The first-order valence-electron chi connectivity index (χ1n) is 8.42. The lowest BCUT2D eigenvalue weighted by atomic mass is 9.98. The highest BCUT2D eigenvalue weighted by atomic mass is 16.4. The molecule has 132 valence electrons. The molecule has 3 N–H and O–H groups in total. The van der Waals surface area contributed by atoms with E-state index in [-0.39, 0.29) is 16.9 Å². The summed E-state index contributed by atoms with van der Waals surface area (Å²) in [5, 5.41) is 22.2. The first-order valence-corrected chi connectivity index (χ1v) is 8.42. The molecule has 0 saturated carbocycles. The quantitative estimate of drug-likeness (QED) is 0.607. The first kappa shape index (κ1) is 18.7. The van der Waals surface area contributed by atoms with Gasteiger partial charge in [-0.3, -0.25) is 4.79 Å². The number of unbranched alkanes of at least 4 members (excludes halogenated alkanes) is 1. The number of carboxylic acids is 1. The summed E-state index contributed by atoms with van der Waals surface area (Å²) in [6.07, 6.45) is 2.39. The summed E-state index contributed by atoms with van der Waals surface area (Å²) in [5.74, 6) is -1.45. The maximum Gasteiger partial charge on any atom is 0.336 e. The molecule has 25 heavy (non-hydrogen) atoms. The molecule has 0 radical (unpaired) electrons. The molecule has 5 heteroatoms. The Kier molecular flexibility index (Phi) is 6.71. The second kappa shape index (κ2) is 8.99. The van der Waals surface area contributed by atoms with Gasteiger partial charge in [-0.2, -0.15) is 0 Å². The van der Waals surface area contributed by atoms with Gasteiger partial charge in [0.2, 0.25) is 0 Å². The van der Waals surface area contributed by atoms with Crippen LogP contribution >= 0.6 is 0 Å². The fourth-order valence-electron chi connectivity index (χ4n) is 2.54. The number of anilines is 1. The summed E-state index contributed by atoms with van der Waals surface area (Å²) in [5.41, 5.74) is 1.39. The van der Waals surface area contributed by atoms with E-state index in [4.69, 9.17) is 0 Å². The Morgan fingerprint density at radius 1 is 1.04 bits per heavy atom. The van der Waals surface area contributed by atoms with Crippen LogP contribution < -0.4 is 5.32 Å². The van der Waals surface area contributed by atoms with Crippen molar-refractivity contribution in [3.8, 4) is 0 Å². The molecule has 2 aromatic rings. The molecule has 5 nitrogen and oxygen atoms in total. The van der Waals surface area contributed by atoms with E-state index in [9.17, 15) is 19.8 Å². The number of hydrogen-bond donors (Lipinski definition) is 3. The van der Waals surface area contributed by atoms with Crippen molar-refractivity contribution in [2.24, 2.45) is 0 Å². The highest BCUT2D eigenvalue weighted by molar-refractivity contribution is 6.14. The fraction of sp³-hybridized carbons (Fsp3) is 0.300. The molecule has 0 heterocycles. The van der Waals surface area contributed by atoms with E-state index in [1.807, 2.05) is 0 Å². The second-order valence-corrected chi connectivity index (χ2v) is 5.93. The number of hydrogen-bond acceptors (Lipinski definition) is 4. The van der Waals surface area contributed by atoms with Crippen LogP contribution in [0.15, 0.2) is 48.5 Å². The smallest absolute Gasteiger partial charge is 0.336 e. The third kappa shape index (κ3) is 5.16. The Morgan fingerprint density at radius 2 is 1.68 bits per heavy atom. The molecular formula is C20H23NO4. The van der Waals surface area contributed by atoms with Crippen molar-refractivity contribution >= 4 is 17.4 Å². The molecule has 0 saturated heterocycles. The van der Waals surface area contributed by atoms with Crippen LogP contribution in [0.4, 0.5) is 5.69 Å². The maximum absolute atomic E-state index is 12.5. The number of aliphatic hydroxyl groups is 1. The van der Waals surface area contributed by atoms with Crippen molar-refractivity contribution in [3.05, 3.63) is 65.2 Å². The molecule has 0 aliphatic heterocycles. The monoisotopic (exact) mass is 341 g/mol. The largest absolute Gasteiger partial charge is 0.478 e. The number of benzene rings is 2. The molecule has 0 aromatic heterocycles. The van der Waals surface area contributed by atoms with Crippen LogP contribution in [0.2, 0.25) is 0 Å². The lowest BCUT2D eigenvalue weighted by Gasteiger charge is -2.12. The summed E-state index contributed by atoms with van der Waals surface area (Å²) in [4.78, 5) is 23.8. The zero-order valence-electron chi connectivity index (χ0n) is 14.2. The zero-order valence-corrected chi connectivity index (χ0v) is 14.2. The lowest BCUT2D eigenvalue weighted by Crippen LogP contribution is -2.19. The van der Waals surface area contributed by atoms with Gasteiger partial charge in [-0.1, -0.05) is 38.0 Å². The second-order valence-electron chi connectivity index (χ2n) is 5.93. The first-order chi connectivity index (χ1) is 12.0. The van der Waals surface area contributed by atoms with Gasteiger partial charge in [0.15, 0.2) is 5.78 Å². The highest BCUT2D eigenvalue weighted by Gasteiger charge is 2.17. The van der Waals surface area contributed by atoms with Crippen LogP contribution in [0.5, 0.6) is 0 Å². The average Bonchev–Trinajstić information content (AvgIpc) is 2.64. The van der Waals surface area contributed by atoms with Gasteiger partial charge in [0.05, 0.1) is 11.7 Å². The minimum Gasteiger partial charge on any atom is -0.478 e. The molecule has 0 spiro atoms. The van der Waals surface area contributed by atoms with Gasteiger partial charge in [-0.25, -0.2) is 4.79 Å². The molecule has 0 amide bonds. The third-order valence-corrected chi connectivity index (χ3v) is 3.98. The van der Waals surface area contributed by atoms with Crippen LogP contribution in [-0.4, -0.2) is 34.6 Å². The van der Waals surface area contributed by atoms with Crippen LogP contribution in [-0.2, 0) is 0 Å². The summed E-state index contributed by atoms with van der Waals surface area (Å²) < 4.78 is 0. The number of aromatic carboxylic acids is 1. The molecule has 0 aliphatic rings. The zero-order chi connectivity index (χ0) is 18.2. The van der Waals surface area contributed by atoms with Gasteiger partial charge >= 0.3 is 5.97 Å². The minimum atomic E-state index is -1.12. The fourth-order valence-corrected chi connectivity index (χ4v) is 2.54. The molecule has 2 aromatic carbocycles. The van der Waals surface area contributed by atoms with E-state index in [1.165, 1.54) is 12.1 Å². The van der Waals surface area contributed by atoms with Gasteiger partial charge < -0.3 is 15.5 Å². The summed E-state index contributed by atoms with van der Waals surface area (Å²) in [7, 11) is 0. The molecule has 0 aliphatic carbocycles. The molecule has 1 atom stereocenters. The van der Waals surface area contributed by atoms with Crippen molar-refractivity contribution < 1.29 is 19.8 Å². The van der Waals surface area contributed by atoms with E-state index >= 15 is 0 Å². The molecule has 0 fully saturated rings. The number of carboxylic acid groups (broad SMARTS) is 1. The number of nitrogens with one attached hydrogen (secondary N) is 1. The van der Waals surface area contributed by atoms with Crippen LogP contribution in [0.3, 0.4) is 0 Å². The Labute approximate surface area is 147 Å². The molecule has 1 unspecified atom stereocenters. The maximum atomic E-state index is 12.5. The van der Waals surface area contributed by atoms with Crippen molar-refractivity contribution in [2.45, 2.75) is 32.3 Å². The topological polar surface area (TPSA) is 86.6 Å². The van der Waals surface area contributed by atoms with Crippen molar-refractivity contribution in [2.75, 3.05) is 11.9 Å². The van der Waals surface area contributed by atoms with Crippen molar-refractivity contribution in [1.82, 2.24) is 0 Å². The van der Waals surface area contributed by atoms with E-state index in [0.29, 0.717) is 12.1 Å². The number of carbonyl (C=O) groups is 2. The van der Waals surface area contributed by atoms with E-state index in [2.05, 4.69) is 12.2 Å². The predicted octanol–water partition coefficient (Wildman–Crippen LogP) is 3.58. The Balaban J connectivity index is 2.05. The van der Waals surface area contributed by atoms with E-state index in [1.54, 1.807) is 36.4 Å². The Bertz CT molecular complexity index is 725. The van der Waals surface area contributed by atoms with Crippen molar-refractivity contribution in [3.63, 3.8) is 0 Å². The lowest BCUT2D eigenvalue weighted by molar-refractivity contribution is 0.0692. The minimum absolute atomic E-state index is 0.00579. The number of carbonyl (C=O) groups excluding carboxylic acids is 1. The molecular weight excluding hydrogens is 318 g/mol. The summed E-state index contributed by atoms with van der Waals surface area (Å²) >= 11 is 0. The number of aliphatic hydroxyl groups excluding tert-OH is 1. The molecule has 2 rings (SSSR count). The van der Waals surface area contributed by atoms with Crippen LogP contribution in [0.25, 0.3) is 0 Å². The third-order valence-electron chi connectivity index (χ3n) is 3.98. The van der Waals surface area contributed by atoms with E-state index < -0.39 is 12.1 Å². The Morgan fingerprint density at radius 3 is 2.28 bits per heavy atom. The normalized spacial score (nSPS) is 11.8. The van der Waals surface area contributed by atoms with Crippen LogP contribution in [0, 0.1) is 0 Å². The average molecular weight is 341 g/mol. The number of rotatable bonds is 9. The van der Waals surface area contributed by atoms with Gasteiger partial charge in [0.25, 0.3) is 0 Å². The van der Waals surface area contributed by atoms with Crippen LogP contribution in [0.1, 0.15) is 52.5 Å². The van der Waals surface area contributed by atoms with Crippen molar-refractivity contribution in [1.29, 1.82) is 0 Å². The SMILES string of the molecule is CCCCC(O)CNc1ccc(C(=O)c2ccccc2C(=O)O)cc1. The van der Waals surface area contributed by atoms with Gasteiger partial charge in [-0.15, -0.1) is 0 Å². The standard InChI is InChI=1S/C20H23NO4/c1-2-3-6-16(22)13-21-15-11-9-14(10-12-15)19(23)17-7-4-5-8-18(17)20(24)25/h4-5,7-12,16,21-22H,2-3,6,13H2,1H3,(H,24,25). The van der Waals surface area contributed by atoms with Gasteiger partial charge in [-0.05, 0) is 36.8 Å². The summed E-state index contributed by atoms with van der Waals surface area (Å²) in [6.45, 7) is 2.54. The van der Waals surface area contributed by atoms with E-state index in [0.717, 1.165) is 24.9 Å². The summed E-state index contributed by atoms with van der Waals surface area (Å²) in [6, 6.07) is 13.0. The highest BCUT2D eigenvalue weighted by Crippen LogP contribution is 2.17. The number of ketones is 1. The van der Waals surface area contributed by atoms with Gasteiger partial charge in [0.1, 0.15) is 0 Å². The van der Waals surface area contributed by atoms with Gasteiger partial charge in [0, 0.05) is 23.4 Å². The molecule has 0 bridgehead atoms.